The number of methoxy groups -OCH3 is 1. The molecule has 4 atom stereocenters. The van der Waals surface area contributed by atoms with Crippen LogP contribution in [-0.4, -0.2) is 105 Å². The van der Waals surface area contributed by atoms with Crippen molar-refractivity contribution in [1.29, 1.82) is 0 Å². The van der Waals surface area contributed by atoms with Crippen LogP contribution in [-0.2, 0) is 23.8 Å². The summed E-state index contributed by atoms with van der Waals surface area (Å²) in [4.78, 5) is 48.1. The first-order chi connectivity index (χ1) is 15.0. The molecular weight excluding hydrogens is 440 g/mol. The van der Waals surface area contributed by atoms with Crippen molar-refractivity contribution in [2.24, 2.45) is 0 Å². The molecule has 33 heavy (non-hydrogen) atoms. The second-order valence-electron chi connectivity index (χ2n) is 9.81. The Morgan fingerprint density at radius 3 is 1.45 bits per heavy atom. The molecule has 12 nitrogen and oxygen atoms in total. The highest BCUT2D eigenvalue weighted by Gasteiger charge is 2.44. The van der Waals surface area contributed by atoms with E-state index in [0.717, 1.165) is 4.90 Å². The van der Waals surface area contributed by atoms with Crippen LogP contribution in [0, 0.1) is 0 Å². The number of aliphatic hydroxyl groups excluding tert-OH is 2. The molecule has 0 aromatic heterocycles. The van der Waals surface area contributed by atoms with E-state index in [1.165, 1.54) is 12.0 Å². The fraction of sp³-hybridized carbons (Fsp3) is 0.810. The summed E-state index contributed by atoms with van der Waals surface area (Å²) in [6, 6.07) is -2.16. The minimum atomic E-state index is -1.21. The predicted octanol–water partition coefficient (Wildman–Crippen LogP) is 0.971. The summed E-state index contributed by atoms with van der Waals surface area (Å²) in [6.07, 6.45) is -2.62. The van der Waals surface area contributed by atoms with Gasteiger partial charge in [0.1, 0.15) is 11.2 Å². The molecule has 0 spiro atoms. The smallest absolute Gasteiger partial charge is 0.411 e. The first-order valence-electron chi connectivity index (χ1n) is 10.6. The van der Waals surface area contributed by atoms with E-state index >= 15 is 0 Å². The third kappa shape index (κ3) is 8.35. The van der Waals surface area contributed by atoms with Crippen molar-refractivity contribution < 1.29 is 48.7 Å². The minimum Gasteiger partial charge on any atom is -0.480 e. The number of carbonyl (C=O) groups excluding carboxylic acids is 3. The third-order valence-electron chi connectivity index (χ3n) is 4.68. The van der Waals surface area contributed by atoms with Gasteiger partial charge in [-0.3, -0.25) is 9.80 Å². The van der Waals surface area contributed by atoms with Crippen LogP contribution in [0.3, 0.4) is 0 Å². The van der Waals surface area contributed by atoms with Crippen LogP contribution >= 0.6 is 0 Å². The summed E-state index contributed by atoms with van der Waals surface area (Å²) in [7, 11) is 1.22. The van der Waals surface area contributed by atoms with Crippen molar-refractivity contribution >= 4 is 24.1 Å². The maximum atomic E-state index is 11.8. The van der Waals surface area contributed by atoms with Crippen molar-refractivity contribution in [1.82, 2.24) is 9.80 Å². The normalized spacial score (nSPS) is 25.1. The SMILES string of the molecule is CC(C)(C)OC(=O)N1CC[C@H](O)[C@H]1C(=O)O.COC(=O)[C@@H]1[C@@H](O)CCN1C(=O)OC(C)(C)C. The number of nitrogens with zero attached hydrogens (tertiary/aromatic N) is 2. The molecule has 190 valence electrons. The third-order valence-corrected chi connectivity index (χ3v) is 4.68. The number of ether oxygens (including phenoxy) is 3. The van der Waals surface area contributed by atoms with E-state index in [0.29, 0.717) is 6.42 Å². The topological polar surface area (TPSA) is 163 Å². The maximum Gasteiger partial charge on any atom is 0.411 e. The lowest BCUT2D eigenvalue weighted by molar-refractivity contribution is -0.148. The van der Waals surface area contributed by atoms with Crippen molar-refractivity contribution in [3.63, 3.8) is 0 Å². The number of carboxylic acids is 1. The van der Waals surface area contributed by atoms with Crippen LogP contribution in [0.1, 0.15) is 54.4 Å². The summed E-state index contributed by atoms with van der Waals surface area (Å²) in [5.74, 6) is -1.84. The molecule has 0 aromatic carbocycles. The second-order valence-corrected chi connectivity index (χ2v) is 9.81. The zero-order valence-electron chi connectivity index (χ0n) is 20.2. The summed E-state index contributed by atoms with van der Waals surface area (Å²) < 4.78 is 14.8. The molecule has 2 saturated heterocycles. The molecular formula is C21H36N2O10. The van der Waals surface area contributed by atoms with Crippen LogP contribution in [0.5, 0.6) is 0 Å². The number of esters is 1. The fourth-order valence-corrected chi connectivity index (χ4v) is 3.31. The highest BCUT2D eigenvalue weighted by molar-refractivity contribution is 5.83. The van der Waals surface area contributed by atoms with Gasteiger partial charge in [0.2, 0.25) is 0 Å². The Morgan fingerprint density at radius 1 is 0.758 bits per heavy atom. The van der Waals surface area contributed by atoms with Crippen molar-refractivity contribution in [3.8, 4) is 0 Å². The molecule has 0 radical (unpaired) electrons. The van der Waals surface area contributed by atoms with Gasteiger partial charge >= 0.3 is 24.1 Å². The van der Waals surface area contributed by atoms with E-state index in [9.17, 15) is 29.4 Å². The van der Waals surface area contributed by atoms with Gasteiger partial charge in [0.25, 0.3) is 0 Å². The molecule has 2 rings (SSSR count). The molecule has 2 fully saturated rings. The predicted molar refractivity (Wildman–Crippen MR) is 114 cm³/mol. The maximum absolute atomic E-state index is 11.8. The average molecular weight is 477 g/mol. The zero-order valence-corrected chi connectivity index (χ0v) is 20.2. The number of carboxylic acid groups (broad SMARTS) is 1. The number of aliphatic hydroxyl groups is 2. The van der Waals surface area contributed by atoms with Crippen LogP contribution in [0.15, 0.2) is 0 Å². The molecule has 0 saturated carbocycles. The van der Waals surface area contributed by atoms with E-state index in [1.54, 1.807) is 41.5 Å². The van der Waals surface area contributed by atoms with Crippen molar-refractivity contribution in [2.45, 2.75) is 89.9 Å². The number of hydrogen-bond donors (Lipinski definition) is 3. The summed E-state index contributed by atoms with van der Waals surface area (Å²) in [6.45, 7) is 10.8. The highest BCUT2D eigenvalue weighted by atomic mass is 16.6. The first-order valence-corrected chi connectivity index (χ1v) is 10.6. The molecule has 0 aromatic rings. The number of hydrogen-bond acceptors (Lipinski definition) is 9. The lowest BCUT2D eigenvalue weighted by Crippen LogP contribution is -2.47. The number of amides is 2. The van der Waals surface area contributed by atoms with E-state index in [4.69, 9.17) is 14.6 Å². The Morgan fingerprint density at radius 2 is 1.12 bits per heavy atom. The first kappa shape index (κ1) is 28.4. The fourth-order valence-electron chi connectivity index (χ4n) is 3.31. The van der Waals surface area contributed by atoms with Crippen LogP contribution in [0.4, 0.5) is 9.59 Å². The summed E-state index contributed by atoms with van der Waals surface area (Å²) in [5, 5.41) is 28.0. The van der Waals surface area contributed by atoms with Gasteiger partial charge < -0.3 is 29.5 Å². The van der Waals surface area contributed by atoms with E-state index in [2.05, 4.69) is 4.74 Å². The highest BCUT2D eigenvalue weighted by Crippen LogP contribution is 2.23. The monoisotopic (exact) mass is 476 g/mol. The Hall–Kier alpha value is -2.60. The quantitative estimate of drug-likeness (QED) is 0.386. The number of aliphatic carboxylic acids is 1. The minimum absolute atomic E-state index is 0.201. The lowest BCUT2D eigenvalue weighted by Gasteiger charge is -2.27. The molecule has 12 heteroatoms. The van der Waals surface area contributed by atoms with Gasteiger partial charge in [-0.05, 0) is 54.4 Å². The largest absolute Gasteiger partial charge is 0.480 e. The number of likely N-dealkylation sites (tertiary alicyclic amines) is 2. The second kappa shape index (κ2) is 11.0. The summed E-state index contributed by atoms with van der Waals surface area (Å²) >= 11 is 0. The van der Waals surface area contributed by atoms with Crippen molar-refractivity contribution in [3.05, 3.63) is 0 Å². The van der Waals surface area contributed by atoms with Crippen LogP contribution in [0.2, 0.25) is 0 Å². The van der Waals surface area contributed by atoms with Gasteiger partial charge in [-0.1, -0.05) is 0 Å². The number of rotatable bonds is 2. The molecule has 2 amide bonds. The molecule has 0 bridgehead atoms. The van der Waals surface area contributed by atoms with E-state index < -0.39 is 59.6 Å². The van der Waals surface area contributed by atoms with Gasteiger partial charge in [-0.15, -0.1) is 0 Å². The number of carbonyl (C=O) groups is 4. The Labute approximate surface area is 193 Å². The Bertz CT molecular complexity index is 728. The molecule has 3 N–H and O–H groups in total. The molecule has 2 heterocycles. The molecule has 0 unspecified atom stereocenters. The van der Waals surface area contributed by atoms with Gasteiger partial charge in [-0.2, -0.15) is 0 Å². The molecule has 2 aliphatic rings. The van der Waals surface area contributed by atoms with E-state index in [-0.39, 0.29) is 19.5 Å². The Balaban J connectivity index is 0.000000331. The van der Waals surface area contributed by atoms with Gasteiger partial charge in [-0.25, -0.2) is 19.2 Å². The summed E-state index contributed by atoms with van der Waals surface area (Å²) in [5.41, 5.74) is -1.31. The Kier molecular flexibility index (Phi) is 9.49. The van der Waals surface area contributed by atoms with E-state index in [1.807, 2.05) is 0 Å². The standard InChI is InChI=1S/C11H19NO5.C10H17NO5/c1-11(2,3)17-10(15)12-6-5-7(13)8(12)9(14)16-4;1-10(2,3)16-9(15)11-5-4-6(12)7(11)8(13)14/h7-8,13H,5-6H2,1-4H3;6-7,12H,4-5H2,1-3H3,(H,13,14)/t7-,8-;6-,7-/m00/s1. The zero-order chi connectivity index (χ0) is 25.7. The average Bonchev–Trinajstić information content (AvgIpc) is 3.21. The van der Waals surface area contributed by atoms with Crippen LogP contribution in [0.25, 0.3) is 0 Å². The van der Waals surface area contributed by atoms with Crippen molar-refractivity contribution in [2.75, 3.05) is 20.2 Å². The van der Waals surface area contributed by atoms with Gasteiger partial charge in [0, 0.05) is 13.1 Å². The molecule has 0 aliphatic carbocycles. The van der Waals surface area contributed by atoms with Gasteiger partial charge in [0.15, 0.2) is 12.1 Å². The molecule has 2 aliphatic heterocycles. The lowest BCUT2D eigenvalue weighted by atomic mass is 10.2. The van der Waals surface area contributed by atoms with Gasteiger partial charge in [0.05, 0.1) is 19.3 Å². The van der Waals surface area contributed by atoms with Crippen LogP contribution < -0.4 is 0 Å².